The Balaban J connectivity index is 2.03. The van der Waals surface area contributed by atoms with Gasteiger partial charge in [0, 0.05) is 36.1 Å². The van der Waals surface area contributed by atoms with E-state index in [1.54, 1.807) is 6.92 Å². The Bertz CT molecular complexity index is 1080. The summed E-state index contributed by atoms with van der Waals surface area (Å²) in [6.07, 6.45) is -3.53. The van der Waals surface area contributed by atoms with Crippen molar-refractivity contribution in [1.29, 1.82) is 0 Å². The predicted octanol–water partition coefficient (Wildman–Crippen LogP) is 2.53. The lowest BCUT2D eigenvalue weighted by atomic mass is 9.80. The van der Waals surface area contributed by atoms with Crippen LogP contribution in [0.2, 0.25) is 0 Å². The number of fused-ring (bicyclic) bond motifs is 3. The van der Waals surface area contributed by atoms with E-state index < -0.39 is 42.1 Å². The fraction of sp³-hybridized carbons (Fsp3) is 0.500. The molecule has 33 heavy (non-hydrogen) atoms. The number of carboxylic acid groups (broad SMARTS) is 1. The van der Waals surface area contributed by atoms with Gasteiger partial charge in [0.05, 0.1) is 38.4 Å². The first-order valence-corrected chi connectivity index (χ1v) is 10.8. The summed E-state index contributed by atoms with van der Waals surface area (Å²) in [5.74, 6) is -2.49. The molecule has 0 aromatic heterocycles. The second-order valence-corrected chi connectivity index (χ2v) is 8.43. The number of hydrogen-bond donors (Lipinski definition) is 2. The molecular formula is C24H28O9. The first-order valence-electron chi connectivity index (χ1n) is 10.8. The molecule has 178 valence electrons. The monoisotopic (exact) mass is 460 g/mol. The third kappa shape index (κ3) is 3.90. The zero-order chi connectivity index (χ0) is 23.9. The molecule has 2 aliphatic rings. The normalized spacial score (nSPS) is 28.9. The van der Waals surface area contributed by atoms with Crippen LogP contribution in [-0.2, 0) is 36.0 Å². The van der Waals surface area contributed by atoms with Crippen molar-refractivity contribution in [2.75, 3.05) is 14.2 Å². The van der Waals surface area contributed by atoms with Crippen LogP contribution in [0.3, 0.4) is 0 Å². The third-order valence-corrected chi connectivity index (χ3v) is 6.15. The van der Waals surface area contributed by atoms with Crippen molar-refractivity contribution in [1.82, 2.24) is 0 Å². The smallest absolute Gasteiger partial charge is 0.305 e. The van der Waals surface area contributed by atoms with Gasteiger partial charge in [-0.1, -0.05) is 24.3 Å². The molecule has 2 aromatic rings. The molecule has 0 amide bonds. The number of aliphatic hydroxyl groups excluding tert-OH is 1. The molecule has 2 aromatic carbocycles. The lowest BCUT2D eigenvalue weighted by molar-refractivity contribution is -0.365. The van der Waals surface area contributed by atoms with Crippen LogP contribution in [0, 0.1) is 0 Å². The van der Waals surface area contributed by atoms with Crippen LogP contribution in [-0.4, -0.2) is 60.8 Å². The highest BCUT2D eigenvalue weighted by atomic mass is 16.7. The highest BCUT2D eigenvalue weighted by Crippen LogP contribution is 2.54. The molecule has 0 aliphatic carbocycles. The molecule has 0 unspecified atom stereocenters. The van der Waals surface area contributed by atoms with E-state index >= 15 is 0 Å². The van der Waals surface area contributed by atoms with Crippen molar-refractivity contribution in [2.45, 2.75) is 63.3 Å². The number of esters is 1. The van der Waals surface area contributed by atoms with E-state index in [0.717, 1.165) is 5.39 Å². The second kappa shape index (κ2) is 8.81. The standard InChI is InChI=1S/C24H28O9/c1-12-9-18(31-13(2)25)23(28)24(32-12)20-17(10-14(33-24)11-19(26)27)21(29-3)15-7-5-6-8-16(15)22(20)30-4/h5-8,12,14,18,23,28H,9-11H2,1-4H3,(H,26,27)/t12-,14-,18-,23-,24+/m1/s1. The maximum Gasteiger partial charge on any atom is 0.305 e. The Kier molecular flexibility index (Phi) is 6.22. The van der Waals surface area contributed by atoms with Crippen LogP contribution in [0.5, 0.6) is 11.5 Å². The van der Waals surface area contributed by atoms with Gasteiger partial charge in [-0.2, -0.15) is 0 Å². The van der Waals surface area contributed by atoms with Crippen LogP contribution in [0.4, 0.5) is 0 Å². The molecule has 0 radical (unpaired) electrons. The fourth-order valence-corrected chi connectivity index (χ4v) is 5.07. The lowest BCUT2D eigenvalue weighted by Gasteiger charge is -2.51. The number of methoxy groups -OCH3 is 2. The third-order valence-electron chi connectivity index (χ3n) is 6.15. The van der Waals surface area contributed by atoms with Gasteiger partial charge in [0.2, 0.25) is 5.79 Å². The number of carboxylic acids is 1. The average molecular weight is 460 g/mol. The van der Waals surface area contributed by atoms with Crippen molar-refractivity contribution in [3.05, 3.63) is 35.4 Å². The van der Waals surface area contributed by atoms with E-state index in [2.05, 4.69) is 0 Å². The quantitative estimate of drug-likeness (QED) is 0.648. The molecule has 9 heteroatoms. The van der Waals surface area contributed by atoms with Crippen molar-refractivity contribution >= 4 is 22.7 Å². The maximum atomic E-state index is 11.8. The molecule has 1 spiro atoms. The summed E-state index contributed by atoms with van der Waals surface area (Å²) in [6.45, 7) is 3.04. The predicted molar refractivity (Wildman–Crippen MR) is 116 cm³/mol. The fourth-order valence-electron chi connectivity index (χ4n) is 5.07. The van der Waals surface area contributed by atoms with E-state index in [9.17, 15) is 19.8 Å². The van der Waals surface area contributed by atoms with E-state index in [1.807, 2.05) is 24.3 Å². The number of benzene rings is 2. The van der Waals surface area contributed by atoms with E-state index in [-0.39, 0.29) is 19.3 Å². The summed E-state index contributed by atoms with van der Waals surface area (Å²) in [4.78, 5) is 23.3. The largest absolute Gasteiger partial charge is 0.496 e. The maximum absolute atomic E-state index is 11.8. The van der Waals surface area contributed by atoms with E-state index in [1.165, 1.54) is 21.1 Å². The number of hydrogen-bond acceptors (Lipinski definition) is 8. The summed E-state index contributed by atoms with van der Waals surface area (Å²) < 4.78 is 29.6. The minimum atomic E-state index is -1.83. The lowest BCUT2D eigenvalue weighted by Crippen LogP contribution is -2.61. The Labute approximate surface area is 191 Å². The van der Waals surface area contributed by atoms with Gasteiger partial charge in [-0.3, -0.25) is 9.59 Å². The Morgan fingerprint density at radius 2 is 1.76 bits per heavy atom. The summed E-state index contributed by atoms with van der Waals surface area (Å²) in [5, 5.41) is 22.5. The van der Waals surface area contributed by atoms with Crippen LogP contribution >= 0.6 is 0 Å². The van der Waals surface area contributed by atoms with Crippen LogP contribution in [0.1, 0.15) is 37.8 Å². The molecule has 0 saturated carbocycles. The summed E-state index contributed by atoms with van der Waals surface area (Å²) in [6, 6.07) is 7.46. The molecule has 1 saturated heterocycles. The molecule has 2 heterocycles. The minimum Gasteiger partial charge on any atom is -0.496 e. The number of rotatable bonds is 5. The topological polar surface area (TPSA) is 121 Å². The van der Waals surface area contributed by atoms with E-state index in [0.29, 0.717) is 28.0 Å². The van der Waals surface area contributed by atoms with Gasteiger partial charge < -0.3 is 33.9 Å². The molecular weight excluding hydrogens is 432 g/mol. The van der Waals surface area contributed by atoms with Gasteiger partial charge in [-0.25, -0.2) is 0 Å². The molecule has 2 aliphatic heterocycles. The van der Waals surface area contributed by atoms with Gasteiger partial charge in [0.25, 0.3) is 0 Å². The molecule has 4 rings (SSSR count). The minimum absolute atomic E-state index is 0.205. The van der Waals surface area contributed by atoms with Crippen molar-refractivity contribution in [2.24, 2.45) is 0 Å². The van der Waals surface area contributed by atoms with Gasteiger partial charge >= 0.3 is 11.9 Å². The second-order valence-electron chi connectivity index (χ2n) is 8.43. The molecule has 2 N–H and O–H groups in total. The highest BCUT2D eigenvalue weighted by Gasteiger charge is 2.58. The first kappa shape index (κ1) is 23.3. The number of aliphatic hydroxyl groups is 1. The molecule has 1 fully saturated rings. The Morgan fingerprint density at radius 3 is 2.33 bits per heavy atom. The van der Waals surface area contributed by atoms with Gasteiger partial charge in [0.15, 0.2) is 0 Å². The number of carbonyl (C=O) groups is 2. The summed E-state index contributed by atoms with van der Waals surface area (Å²) in [5.41, 5.74) is 1.04. The van der Waals surface area contributed by atoms with Crippen molar-refractivity contribution in [3.8, 4) is 11.5 Å². The highest BCUT2D eigenvalue weighted by molar-refractivity contribution is 5.96. The number of aliphatic carboxylic acids is 1. The zero-order valence-electron chi connectivity index (χ0n) is 19.0. The van der Waals surface area contributed by atoms with Crippen LogP contribution in [0.25, 0.3) is 10.8 Å². The van der Waals surface area contributed by atoms with Crippen LogP contribution in [0.15, 0.2) is 24.3 Å². The van der Waals surface area contributed by atoms with Crippen molar-refractivity contribution < 1.29 is 43.5 Å². The van der Waals surface area contributed by atoms with Crippen LogP contribution < -0.4 is 9.47 Å². The van der Waals surface area contributed by atoms with Gasteiger partial charge in [-0.15, -0.1) is 0 Å². The Hall–Kier alpha value is -2.88. The van der Waals surface area contributed by atoms with Gasteiger partial charge in [0.1, 0.15) is 23.7 Å². The van der Waals surface area contributed by atoms with E-state index in [4.69, 9.17) is 23.7 Å². The first-order chi connectivity index (χ1) is 15.7. The molecule has 0 bridgehead atoms. The summed E-state index contributed by atoms with van der Waals surface area (Å²) >= 11 is 0. The SMILES string of the molecule is COc1c2c(c(OC)c3ccccc13)[C@@]1(O[C@@H](CC(=O)O)C2)O[C@H](C)C[C@@H](OC(C)=O)[C@H]1O. The van der Waals surface area contributed by atoms with Crippen molar-refractivity contribution in [3.63, 3.8) is 0 Å². The number of ether oxygens (including phenoxy) is 5. The zero-order valence-corrected chi connectivity index (χ0v) is 19.0. The average Bonchev–Trinajstić information content (AvgIpc) is 2.74. The number of carbonyl (C=O) groups excluding carboxylic acids is 1. The summed E-state index contributed by atoms with van der Waals surface area (Å²) in [7, 11) is 3.04. The molecule has 5 atom stereocenters. The van der Waals surface area contributed by atoms with Gasteiger partial charge in [-0.05, 0) is 6.92 Å². The molecule has 9 nitrogen and oxygen atoms in total. The Morgan fingerprint density at radius 1 is 1.12 bits per heavy atom.